The Kier molecular flexibility index (Phi) is 4.82. The lowest BCUT2D eigenvalue weighted by atomic mass is 9.97. The fourth-order valence-electron chi connectivity index (χ4n) is 1.90. The molecule has 0 amide bonds. The number of hydrogen-bond acceptors (Lipinski definition) is 1. The third-order valence-corrected chi connectivity index (χ3v) is 4.35. The smallest absolute Gasteiger partial charge is 0.307 e. The van der Waals surface area contributed by atoms with Crippen LogP contribution in [0.1, 0.15) is 5.56 Å². The van der Waals surface area contributed by atoms with Gasteiger partial charge in [0.05, 0.1) is 21.5 Å². The number of hydrogen-bond donors (Lipinski definition) is 1. The third-order valence-electron chi connectivity index (χ3n) is 2.75. The SMILES string of the molecule is O=C(O)Cc1cccc(Cl)c1-c1ccc(Cl)c(Cl)c1Cl. The Bertz CT molecular complexity index is 683. The van der Waals surface area contributed by atoms with Gasteiger partial charge in [-0.05, 0) is 17.7 Å². The highest BCUT2D eigenvalue weighted by molar-refractivity contribution is 6.49. The number of rotatable bonds is 3. The zero-order chi connectivity index (χ0) is 14.9. The average Bonchev–Trinajstić information content (AvgIpc) is 2.37. The minimum Gasteiger partial charge on any atom is -0.481 e. The largest absolute Gasteiger partial charge is 0.481 e. The maximum absolute atomic E-state index is 10.9. The van der Waals surface area contributed by atoms with Gasteiger partial charge in [-0.3, -0.25) is 4.79 Å². The predicted octanol–water partition coefficient (Wildman–Crippen LogP) is 5.59. The van der Waals surface area contributed by atoms with Gasteiger partial charge in [-0.25, -0.2) is 0 Å². The Hall–Kier alpha value is -0.930. The molecule has 0 aliphatic rings. The summed E-state index contributed by atoms with van der Waals surface area (Å²) in [4.78, 5) is 10.9. The number of benzene rings is 2. The Morgan fingerprint density at radius 2 is 1.65 bits per heavy atom. The highest BCUT2D eigenvalue weighted by atomic mass is 35.5. The molecule has 0 unspecified atom stereocenters. The van der Waals surface area contributed by atoms with Gasteiger partial charge in [-0.1, -0.05) is 64.6 Å². The van der Waals surface area contributed by atoms with Crippen molar-refractivity contribution in [1.29, 1.82) is 0 Å². The number of halogens is 4. The van der Waals surface area contributed by atoms with Crippen LogP contribution in [0.4, 0.5) is 0 Å². The minimum atomic E-state index is -0.954. The standard InChI is InChI=1S/C14H8Cl4O2/c15-9-3-1-2-7(6-11(19)20)12(9)8-4-5-10(16)14(18)13(8)17/h1-5H,6H2,(H,19,20). The first-order valence-electron chi connectivity index (χ1n) is 5.55. The van der Waals surface area contributed by atoms with Crippen LogP contribution in [0.2, 0.25) is 20.1 Å². The van der Waals surface area contributed by atoms with Gasteiger partial charge in [0.25, 0.3) is 0 Å². The van der Waals surface area contributed by atoms with E-state index < -0.39 is 5.97 Å². The molecule has 0 fully saturated rings. The molecule has 0 aliphatic heterocycles. The molecule has 0 heterocycles. The van der Waals surface area contributed by atoms with E-state index in [0.29, 0.717) is 26.7 Å². The number of aliphatic carboxylic acids is 1. The summed E-state index contributed by atoms with van der Waals surface area (Å²) < 4.78 is 0. The van der Waals surface area contributed by atoms with Crippen LogP contribution in [-0.4, -0.2) is 11.1 Å². The lowest BCUT2D eigenvalue weighted by molar-refractivity contribution is -0.136. The van der Waals surface area contributed by atoms with E-state index in [4.69, 9.17) is 51.5 Å². The molecule has 0 atom stereocenters. The molecular weight excluding hydrogens is 342 g/mol. The van der Waals surface area contributed by atoms with Gasteiger partial charge >= 0.3 is 5.97 Å². The van der Waals surface area contributed by atoms with Gasteiger partial charge in [0.2, 0.25) is 0 Å². The Morgan fingerprint density at radius 3 is 2.30 bits per heavy atom. The molecule has 2 nitrogen and oxygen atoms in total. The molecule has 0 aromatic heterocycles. The summed E-state index contributed by atoms with van der Waals surface area (Å²) in [6, 6.07) is 8.31. The summed E-state index contributed by atoms with van der Waals surface area (Å²) >= 11 is 24.3. The van der Waals surface area contributed by atoms with Crippen molar-refractivity contribution in [3.05, 3.63) is 56.0 Å². The molecule has 2 aromatic carbocycles. The second kappa shape index (κ2) is 6.23. The lowest BCUT2D eigenvalue weighted by Crippen LogP contribution is -2.02. The second-order valence-corrected chi connectivity index (χ2v) is 5.64. The summed E-state index contributed by atoms with van der Waals surface area (Å²) in [6.07, 6.45) is -0.160. The molecule has 2 aromatic rings. The van der Waals surface area contributed by atoms with Crippen molar-refractivity contribution in [1.82, 2.24) is 0 Å². The normalized spacial score (nSPS) is 10.6. The lowest BCUT2D eigenvalue weighted by Gasteiger charge is -2.13. The van der Waals surface area contributed by atoms with Crippen molar-refractivity contribution in [3.8, 4) is 11.1 Å². The fraction of sp³-hybridized carbons (Fsp3) is 0.0714. The predicted molar refractivity (Wildman–Crippen MR) is 83.3 cm³/mol. The van der Waals surface area contributed by atoms with Gasteiger partial charge in [0.1, 0.15) is 0 Å². The summed E-state index contributed by atoms with van der Waals surface area (Å²) in [5.41, 5.74) is 1.67. The van der Waals surface area contributed by atoms with Crippen molar-refractivity contribution < 1.29 is 9.90 Å². The maximum Gasteiger partial charge on any atom is 0.307 e. The quantitative estimate of drug-likeness (QED) is 0.733. The fourth-order valence-corrected chi connectivity index (χ4v) is 2.83. The van der Waals surface area contributed by atoms with Crippen LogP contribution < -0.4 is 0 Å². The molecule has 0 radical (unpaired) electrons. The molecule has 6 heteroatoms. The van der Waals surface area contributed by atoms with Crippen LogP contribution >= 0.6 is 46.4 Å². The van der Waals surface area contributed by atoms with E-state index >= 15 is 0 Å². The van der Waals surface area contributed by atoms with Crippen LogP contribution in [0.5, 0.6) is 0 Å². The first-order chi connectivity index (χ1) is 9.41. The van der Waals surface area contributed by atoms with Gasteiger partial charge in [-0.2, -0.15) is 0 Å². The maximum atomic E-state index is 10.9. The van der Waals surface area contributed by atoms with Crippen LogP contribution in [0.25, 0.3) is 11.1 Å². The minimum absolute atomic E-state index is 0.160. The van der Waals surface area contributed by atoms with Crippen LogP contribution in [0.15, 0.2) is 30.3 Å². The molecule has 0 saturated heterocycles. The first-order valence-corrected chi connectivity index (χ1v) is 7.06. The summed E-state index contributed by atoms with van der Waals surface area (Å²) in [6.45, 7) is 0. The number of carboxylic acid groups (broad SMARTS) is 1. The Balaban J connectivity index is 2.69. The second-order valence-electron chi connectivity index (χ2n) is 4.07. The van der Waals surface area contributed by atoms with E-state index in [1.165, 1.54) is 0 Å². The molecule has 0 spiro atoms. The molecule has 20 heavy (non-hydrogen) atoms. The van der Waals surface area contributed by atoms with Gasteiger partial charge in [0, 0.05) is 16.1 Å². The van der Waals surface area contributed by atoms with E-state index in [1.807, 2.05) is 0 Å². The van der Waals surface area contributed by atoms with Crippen LogP contribution in [0, 0.1) is 0 Å². The molecule has 0 aliphatic carbocycles. The summed E-state index contributed by atoms with van der Waals surface area (Å²) in [7, 11) is 0. The monoisotopic (exact) mass is 348 g/mol. The van der Waals surface area contributed by atoms with Crippen molar-refractivity contribution >= 4 is 52.4 Å². The third kappa shape index (κ3) is 3.04. The van der Waals surface area contributed by atoms with Crippen molar-refractivity contribution in [2.45, 2.75) is 6.42 Å². The van der Waals surface area contributed by atoms with E-state index in [0.717, 1.165) is 0 Å². The molecular formula is C14H8Cl4O2. The molecule has 2 rings (SSSR count). The van der Waals surface area contributed by atoms with Crippen molar-refractivity contribution in [2.75, 3.05) is 0 Å². The zero-order valence-corrected chi connectivity index (χ0v) is 13.0. The highest BCUT2D eigenvalue weighted by Gasteiger charge is 2.17. The number of carbonyl (C=O) groups is 1. The van der Waals surface area contributed by atoms with Crippen molar-refractivity contribution in [2.24, 2.45) is 0 Å². The molecule has 1 N–H and O–H groups in total. The van der Waals surface area contributed by atoms with E-state index in [-0.39, 0.29) is 16.5 Å². The van der Waals surface area contributed by atoms with E-state index in [9.17, 15) is 4.79 Å². The van der Waals surface area contributed by atoms with Gasteiger partial charge in [0.15, 0.2) is 0 Å². The van der Waals surface area contributed by atoms with Crippen LogP contribution in [0.3, 0.4) is 0 Å². The molecule has 104 valence electrons. The molecule has 0 saturated carbocycles. The average molecular weight is 350 g/mol. The Morgan fingerprint density at radius 1 is 0.950 bits per heavy atom. The zero-order valence-electron chi connectivity index (χ0n) is 9.96. The van der Waals surface area contributed by atoms with E-state index in [1.54, 1.807) is 30.3 Å². The summed E-state index contributed by atoms with van der Waals surface area (Å²) in [5.74, 6) is -0.954. The first kappa shape index (κ1) is 15.5. The topological polar surface area (TPSA) is 37.3 Å². The highest BCUT2D eigenvalue weighted by Crippen LogP contribution is 2.41. The van der Waals surface area contributed by atoms with Gasteiger partial charge < -0.3 is 5.11 Å². The van der Waals surface area contributed by atoms with E-state index in [2.05, 4.69) is 0 Å². The molecule has 0 bridgehead atoms. The number of carboxylic acids is 1. The van der Waals surface area contributed by atoms with Gasteiger partial charge in [-0.15, -0.1) is 0 Å². The summed E-state index contributed by atoms with van der Waals surface area (Å²) in [5, 5.41) is 10.2. The Labute approximate surface area is 135 Å². The van der Waals surface area contributed by atoms with Crippen molar-refractivity contribution in [3.63, 3.8) is 0 Å². The van der Waals surface area contributed by atoms with Crippen LogP contribution in [-0.2, 0) is 11.2 Å².